The molecule has 0 aliphatic rings. The van der Waals surface area contributed by atoms with Crippen molar-refractivity contribution in [1.82, 2.24) is 4.98 Å². The van der Waals surface area contributed by atoms with Crippen molar-refractivity contribution in [2.45, 2.75) is 15.5 Å². The van der Waals surface area contributed by atoms with Crippen LogP contribution in [0.25, 0.3) is 0 Å². The van der Waals surface area contributed by atoms with Gasteiger partial charge in [-0.15, -0.1) is 0 Å². The van der Waals surface area contributed by atoms with Gasteiger partial charge in [-0.1, -0.05) is 6.07 Å². The van der Waals surface area contributed by atoms with Gasteiger partial charge in [-0.05, 0) is 23.9 Å². The van der Waals surface area contributed by atoms with Crippen LogP contribution < -0.4 is 68.9 Å². The fraction of sp³-hybridized carbons (Fsp3) is 0.286. The summed E-state index contributed by atoms with van der Waals surface area (Å²) in [4.78, 5) is 3.39. The van der Waals surface area contributed by atoms with Gasteiger partial charge in [0.05, 0.1) is 0 Å². The van der Waals surface area contributed by atoms with Crippen molar-refractivity contribution in [2.24, 2.45) is 0 Å². The van der Waals surface area contributed by atoms with Gasteiger partial charge in [0.25, 0.3) is 0 Å². The predicted octanol–water partition coefficient (Wildman–Crippen LogP) is -0.758. The predicted molar refractivity (Wildman–Crippen MR) is 48.9 cm³/mol. The van der Waals surface area contributed by atoms with E-state index in [2.05, 4.69) is 4.98 Å². The average molecular weight is 407 g/mol. The second-order valence-corrected chi connectivity index (χ2v) is 4.66. The van der Waals surface area contributed by atoms with Gasteiger partial charge in [0.2, 0.25) is 0 Å². The van der Waals surface area contributed by atoms with Crippen LogP contribution in [-0.2, 0) is 11.1 Å². The van der Waals surface area contributed by atoms with Gasteiger partial charge in [-0.3, -0.25) is 4.21 Å². The van der Waals surface area contributed by atoms with E-state index in [0.29, 0.717) is 0 Å². The Labute approximate surface area is 160 Å². The van der Waals surface area contributed by atoms with E-state index in [4.69, 9.17) is 0 Å². The maximum atomic E-state index is 12.9. The van der Waals surface area contributed by atoms with Crippen LogP contribution in [0, 0.1) is 0 Å². The zero-order chi connectivity index (χ0) is 12.4. The van der Waals surface area contributed by atoms with E-state index in [1.807, 2.05) is 0 Å². The Balaban J connectivity index is 0.00000256. The first-order valence-corrected chi connectivity index (χ1v) is 5.61. The van der Waals surface area contributed by atoms with E-state index in [1.165, 1.54) is 12.1 Å². The minimum absolute atomic E-state index is 0. The van der Waals surface area contributed by atoms with Crippen LogP contribution >= 0.6 is 11.8 Å². The van der Waals surface area contributed by atoms with Gasteiger partial charge >= 0.3 is 79.4 Å². The molecule has 0 amide bonds. The maximum Gasteiger partial charge on any atom is 1.00 e. The van der Waals surface area contributed by atoms with E-state index in [1.54, 1.807) is 0 Å². The molecule has 0 spiro atoms. The zero-order valence-electron chi connectivity index (χ0n) is 8.40. The van der Waals surface area contributed by atoms with Gasteiger partial charge in [-0.2, -0.15) is 17.6 Å². The van der Waals surface area contributed by atoms with Crippen LogP contribution in [-0.4, -0.2) is 24.3 Å². The summed E-state index contributed by atoms with van der Waals surface area (Å²) >= 11 is -4.81. The molecule has 10 heteroatoms. The molecule has 0 aromatic carbocycles. The van der Waals surface area contributed by atoms with Crippen molar-refractivity contribution in [3.63, 3.8) is 0 Å². The molecule has 0 bridgehead atoms. The second-order valence-electron chi connectivity index (χ2n) is 2.54. The summed E-state index contributed by atoms with van der Waals surface area (Å²) in [6, 6.07) is 3.80. The number of hydrogen-bond donors (Lipinski definition) is 0. The molecule has 1 heterocycles. The number of nitrogens with zero attached hydrogens (tertiary/aromatic N) is 1. The molecule has 0 radical (unpaired) electrons. The number of aromatic nitrogens is 1. The Hall–Kier alpha value is 1.38. The summed E-state index contributed by atoms with van der Waals surface area (Å²) in [6.45, 7) is 0. The Morgan fingerprint density at radius 3 is 2.29 bits per heavy atom. The SMILES string of the molecule is O=S([O-])C(F)(F)C(F)(F)Sc1ccccn1.[Cs+]. The van der Waals surface area contributed by atoms with E-state index < -0.39 is 38.4 Å². The molecule has 1 aromatic heterocycles. The molecule has 0 saturated heterocycles. The number of halogens is 4. The van der Waals surface area contributed by atoms with E-state index in [9.17, 15) is 26.3 Å². The normalized spacial score (nSPS) is 13.9. The molecule has 1 unspecified atom stereocenters. The zero-order valence-corrected chi connectivity index (χ0v) is 16.3. The van der Waals surface area contributed by atoms with E-state index >= 15 is 0 Å². The summed E-state index contributed by atoms with van der Waals surface area (Å²) in [5.74, 6) is 0. The largest absolute Gasteiger partial charge is 1.00 e. The number of pyridine rings is 1. The standard InChI is InChI=1S/C7H5F4NO2S2.Cs/c8-6(9,7(10,11)16(13)14)15-5-3-1-2-4-12-5;/h1-4H,(H,13,14);/q;+1/p-1. The fourth-order valence-electron chi connectivity index (χ4n) is 0.695. The summed E-state index contributed by atoms with van der Waals surface area (Å²) in [5.41, 5.74) is 0. The summed E-state index contributed by atoms with van der Waals surface area (Å²) < 4.78 is 71.0. The van der Waals surface area contributed by atoms with Crippen LogP contribution in [0.15, 0.2) is 29.4 Å². The number of thioether (sulfide) groups is 1. The number of alkyl halides is 4. The molecule has 1 atom stereocenters. The molecule has 0 aliphatic heterocycles. The van der Waals surface area contributed by atoms with Gasteiger partial charge in [0.15, 0.2) is 0 Å². The van der Waals surface area contributed by atoms with Crippen molar-refractivity contribution < 1.29 is 95.2 Å². The van der Waals surface area contributed by atoms with Gasteiger partial charge in [0, 0.05) is 17.3 Å². The molecule has 17 heavy (non-hydrogen) atoms. The van der Waals surface area contributed by atoms with Crippen molar-refractivity contribution in [2.75, 3.05) is 0 Å². The first-order valence-electron chi connectivity index (χ1n) is 3.72. The molecule has 90 valence electrons. The Morgan fingerprint density at radius 2 is 1.88 bits per heavy atom. The van der Waals surface area contributed by atoms with Gasteiger partial charge in [0.1, 0.15) is 5.03 Å². The quantitative estimate of drug-likeness (QED) is 0.375. The van der Waals surface area contributed by atoms with Crippen molar-refractivity contribution in [1.29, 1.82) is 0 Å². The maximum absolute atomic E-state index is 12.9. The molecular formula is C7H4CsF4NO2S2. The summed E-state index contributed by atoms with van der Waals surface area (Å²) in [7, 11) is 0. The fourth-order valence-corrected chi connectivity index (χ4v) is 1.86. The average Bonchev–Trinajstić information content (AvgIpc) is 2.18. The molecule has 3 nitrogen and oxygen atoms in total. The van der Waals surface area contributed by atoms with Crippen LogP contribution in [0.4, 0.5) is 17.6 Å². The molecule has 1 aromatic rings. The van der Waals surface area contributed by atoms with Crippen molar-refractivity contribution in [3.05, 3.63) is 24.4 Å². The van der Waals surface area contributed by atoms with Crippen LogP contribution in [0.5, 0.6) is 0 Å². The van der Waals surface area contributed by atoms with Crippen molar-refractivity contribution >= 4 is 22.8 Å². The second kappa shape index (κ2) is 7.24. The third-order valence-corrected chi connectivity index (χ3v) is 3.19. The van der Waals surface area contributed by atoms with Crippen LogP contribution in [0.1, 0.15) is 0 Å². The smallest absolute Gasteiger partial charge is 0.768 e. The van der Waals surface area contributed by atoms with Crippen LogP contribution in [0.3, 0.4) is 0 Å². The van der Waals surface area contributed by atoms with Crippen molar-refractivity contribution in [3.8, 4) is 0 Å². The molecule has 0 saturated carbocycles. The third kappa shape index (κ3) is 4.76. The van der Waals surface area contributed by atoms with E-state index in [-0.39, 0.29) is 68.9 Å². The topological polar surface area (TPSA) is 53.0 Å². The van der Waals surface area contributed by atoms with E-state index in [0.717, 1.165) is 12.3 Å². The number of hydrogen-bond acceptors (Lipinski definition) is 4. The van der Waals surface area contributed by atoms with Crippen LogP contribution in [0.2, 0.25) is 0 Å². The molecule has 1 rings (SSSR count). The molecule has 0 fully saturated rings. The first-order chi connectivity index (χ1) is 7.27. The minimum Gasteiger partial charge on any atom is -0.768 e. The Bertz CT molecular complexity index is 393. The molecule has 0 N–H and O–H groups in total. The summed E-state index contributed by atoms with van der Waals surface area (Å²) in [5, 5.41) is -10.3. The minimum atomic E-state index is -5.14. The first kappa shape index (κ1) is 18.4. The monoisotopic (exact) mass is 407 g/mol. The van der Waals surface area contributed by atoms with Gasteiger partial charge in [-0.25, -0.2) is 4.98 Å². The molecular weight excluding hydrogens is 403 g/mol. The summed E-state index contributed by atoms with van der Waals surface area (Å²) in [6.07, 6.45) is 1.13. The third-order valence-electron chi connectivity index (χ3n) is 1.42. The molecule has 0 aliphatic carbocycles. The van der Waals surface area contributed by atoms with Gasteiger partial charge < -0.3 is 4.55 Å². The Morgan fingerprint density at radius 1 is 1.29 bits per heavy atom. The Kier molecular flexibility index (Phi) is 7.83. The number of rotatable bonds is 4.